The molecule has 3 heterocycles. The molecule has 3 aromatic heterocycles. The maximum atomic E-state index is 12.9. The first-order chi connectivity index (χ1) is 16.1. The Morgan fingerprint density at radius 1 is 1.12 bits per heavy atom. The van der Waals surface area contributed by atoms with Crippen molar-refractivity contribution in [2.45, 2.75) is 13.0 Å². The number of nitrogens with zero attached hydrogens (tertiary/aromatic N) is 2. The number of anilines is 1. The van der Waals surface area contributed by atoms with Crippen molar-refractivity contribution in [3.05, 3.63) is 62.8 Å². The molecule has 0 aliphatic carbocycles. The third kappa shape index (κ3) is 5.38. The second-order valence-electron chi connectivity index (χ2n) is 6.66. The van der Waals surface area contributed by atoms with Gasteiger partial charge in [-0.1, -0.05) is 11.2 Å². The van der Waals surface area contributed by atoms with Gasteiger partial charge >= 0.3 is 5.97 Å². The predicted molar refractivity (Wildman–Crippen MR) is 123 cm³/mol. The molecule has 0 saturated heterocycles. The van der Waals surface area contributed by atoms with E-state index in [1.54, 1.807) is 0 Å². The Kier molecular flexibility index (Phi) is 7.01. The van der Waals surface area contributed by atoms with E-state index < -0.39 is 5.97 Å². The maximum Gasteiger partial charge on any atom is 0.340 e. The van der Waals surface area contributed by atoms with Gasteiger partial charge in [0.05, 0.1) is 31.9 Å². The highest BCUT2D eigenvalue weighted by molar-refractivity contribution is 7.10. The predicted octanol–water partition coefficient (Wildman–Crippen LogP) is 4.42. The highest BCUT2D eigenvalue weighted by Gasteiger charge is 2.21. The molecule has 4 rings (SSSR count). The number of carbonyl (C=O) groups excluding carboxylic acids is 2. The van der Waals surface area contributed by atoms with Crippen LogP contribution in [0.15, 0.2) is 51.0 Å². The molecule has 0 spiro atoms. The molecule has 0 unspecified atom stereocenters. The summed E-state index contributed by atoms with van der Waals surface area (Å²) < 4.78 is 21.1. The Labute approximate surface area is 196 Å². The number of thiophene rings is 2. The standard InChI is InChI=1S/C22H19N3O6S2/c1-28-17-9-15(16(10-18(17)29-2)23-19(26)8-14-4-3-6-33-14)22(27)30-11-20-24-21(25-31-20)13-5-7-32-12-13/h3-7,9-10,12H,8,11H2,1-2H3,(H,23,26). The summed E-state index contributed by atoms with van der Waals surface area (Å²) >= 11 is 2.98. The van der Waals surface area contributed by atoms with E-state index in [2.05, 4.69) is 15.5 Å². The van der Waals surface area contributed by atoms with E-state index in [0.29, 0.717) is 17.3 Å². The lowest BCUT2D eigenvalue weighted by Gasteiger charge is -2.15. The summed E-state index contributed by atoms with van der Waals surface area (Å²) in [7, 11) is 2.92. The molecule has 0 saturated carbocycles. The topological polar surface area (TPSA) is 113 Å². The second-order valence-corrected chi connectivity index (χ2v) is 8.47. The Hall–Kier alpha value is -3.70. The fraction of sp³-hybridized carbons (Fsp3) is 0.182. The quantitative estimate of drug-likeness (QED) is 0.347. The van der Waals surface area contributed by atoms with Crippen LogP contribution in [-0.4, -0.2) is 36.2 Å². The van der Waals surface area contributed by atoms with Gasteiger partial charge in [0, 0.05) is 28.0 Å². The molecule has 0 bridgehead atoms. The van der Waals surface area contributed by atoms with Crippen LogP contribution < -0.4 is 14.8 Å². The van der Waals surface area contributed by atoms with E-state index in [0.717, 1.165) is 10.4 Å². The minimum Gasteiger partial charge on any atom is -0.493 e. The highest BCUT2D eigenvalue weighted by Crippen LogP contribution is 2.34. The van der Waals surface area contributed by atoms with E-state index in [1.165, 1.54) is 49.0 Å². The van der Waals surface area contributed by atoms with Crippen LogP contribution in [0.2, 0.25) is 0 Å². The van der Waals surface area contributed by atoms with Crippen molar-refractivity contribution in [1.29, 1.82) is 0 Å². The first-order valence-corrected chi connectivity index (χ1v) is 11.5. The molecule has 0 radical (unpaired) electrons. The zero-order chi connectivity index (χ0) is 23.2. The Morgan fingerprint density at radius 3 is 2.64 bits per heavy atom. The van der Waals surface area contributed by atoms with Gasteiger partial charge in [-0.3, -0.25) is 4.79 Å². The van der Waals surface area contributed by atoms with Crippen molar-refractivity contribution in [3.63, 3.8) is 0 Å². The number of hydrogen-bond donors (Lipinski definition) is 1. The van der Waals surface area contributed by atoms with Gasteiger partial charge in [0.2, 0.25) is 11.7 Å². The Bertz CT molecular complexity index is 1240. The molecule has 4 aromatic rings. The minimum absolute atomic E-state index is 0.102. The molecular formula is C22H19N3O6S2. The van der Waals surface area contributed by atoms with Crippen LogP contribution in [0.1, 0.15) is 21.1 Å². The van der Waals surface area contributed by atoms with Crippen LogP contribution in [-0.2, 0) is 22.6 Å². The van der Waals surface area contributed by atoms with Crippen LogP contribution in [0.5, 0.6) is 11.5 Å². The maximum absolute atomic E-state index is 12.9. The van der Waals surface area contributed by atoms with Crippen LogP contribution in [0.3, 0.4) is 0 Å². The van der Waals surface area contributed by atoms with Gasteiger partial charge < -0.3 is 24.1 Å². The number of ether oxygens (including phenoxy) is 3. The molecule has 11 heteroatoms. The number of aromatic nitrogens is 2. The SMILES string of the molecule is COc1cc(NC(=O)Cc2cccs2)c(C(=O)OCc2nc(-c3ccsc3)no2)cc1OC. The molecular weight excluding hydrogens is 466 g/mol. The lowest BCUT2D eigenvalue weighted by atomic mass is 10.1. The first-order valence-electron chi connectivity index (χ1n) is 9.68. The van der Waals surface area contributed by atoms with Gasteiger partial charge in [-0.15, -0.1) is 11.3 Å². The molecule has 0 atom stereocenters. The normalized spacial score (nSPS) is 10.6. The highest BCUT2D eigenvalue weighted by atomic mass is 32.1. The molecule has 0 fully saturated rings. The summed E-state index contributed by atoms with van der Waals surface area (Å²) in [5, 5.41) is 12.3. The number of benzene rings is 1. The zero-order valence-electron chi connectivity index (χ0n) is 17.7. The van der Waals surface area contributed by atoms with E-state index in [1.807, 2.05) is 34.3 Å². The smallest absolute Gasteiger partial charge is 0.340 e. The third-order valence-electron chi connectivity index (χ3n) is 4.51. The van der Waals surface area contributed by atoms with Crippen molar-refractivity contribution >= 4 is 40.2 Å². The van der Waals surface area contributed by atoms with E-state index >= 15 is 0 Å². The number of nitrogens with one attached hydrogen (secondary N) is 1. The van der Waals surface area contributed by atoms with Crippen LogP contribution in [0, 0.1) is 0 Å². The monoisotopic (exact) mass is 485 g/mol. The average molecular weight is 486 g/mol. The van der Waals surface area contributed by atoms with Gasteiger partial charge in [-0.25, -0.2) is 4.79 Å². The number of rotatable bonds is 9. The van der Waals surface area contributed by atoms with Gasteiger partial charge in [0.15, 0.2) is 18.1 Å². The van der Waals surface area contributed by atoms with Gasteiger partial charge in [-0.05, 0) is 22.9 Å². The molecule has 1 N–H and O–H groups in total. The van der Waals surface area contributed by atoms with Gasteiger partial charge in [0.25, 0.3) is 5.89 Å². The van der Waals surface area contributed by atoms with E-state index in [-0.39, 0.29) is 36.1 Å². The molecule has 0 aliphatic heterocycles. The fourth-order valence-electron chi connectivity index (χ4n) is 2.94. The molecule has 33 heavy (non-hydrogen) atoms. The van der Waals surface area contributed by atoms with Crippen molar-refractivity contribution < 1.29 is 28.3 Å². The van der Waals surface area contributed by atoms with Crippen LogP contribution in [0.4, 0.5) is 5.69 Å². The number of methoxy groups -OCH3 is 2. The molecule has 170 valence electrons. The summed E-state index contributed by atoms with van der Waals surface area (Å²) in [5.41, 5.74) is 1.16. The second kappa shape index (κ2) is 10.3. The number of hydrogen-bond acceptors (Lipinski definition) is 10. The fourth-order valence-corrected chi connectivity index (χ4v) is 4.28. The van der Waals surface area contributed by atoms with Crippen molar-refractivity contribution in [2.75, 3.05) is 19.5 Å². The van der Waals surface area contributed by atoms with Gasteiger partial charge in [0.1, 0.15) is 0 Å². The summed E-state index contributed by atoms with van der Waals surface area (Å²) in [6.07, 6.45) is 0.174. The van der Waals surface area contributed by atoms with E-state index in [4.69, 9.17) is 18.7 Å². The zero-order valence-corrected chi connectivity index (χ0v) is 19.3. The van der Waals surface area contributed by atoms with Crippen molar-refractivity contribution in [3.8, 4) is 22.9 Å². The Morgan fingerprint density at radius 2 is 1.94 bits per heavy atom. The average Bonchev–Trinajstić information content (AvgIpc) is 3.59. The summed E-state index contributed by atoms with van der Waals surface area (Å²) in [6, 6.07) is 8.56. The lowest BCUT2D eigenvalue weighted by Crippen LogP contribution is -2.17. The number of amides is 1. The first kappa shape index (κ1) is 22.5. The molecule has 9 nitrogen and oxygen atoms in total. The van der Waals surface area contributed by atoms with E-state index in [9.17, 15) is 9.59 Å². The summed E-state index contributed by atoms with van der Waals surface area (Å²) in [6.45, 7) is -0.229. The third-order valence-corrected chi connectivity index (χ3v) is 6.07. The molecule has 1 aromatic carbocycles. The summed E-state index contributed by atoms with van der Waals surface area (Å²) in [4.78, 5) is 30.6. The Balaban J connectivity index is 1.51. The van der Waals surface area contributed by atoms with Crippen LogP contribution >= 0.6 is 22.7 Å². The lowest BCUT2D eigenvalue weighted by molar-refractivity contribution is -0.115. The van der Waals surface area contributed by atoms with Crippen molar-refractivity contribution in [1.82, 2.24) is 10.1 Å². The largest absolute Gasteiger partial charge is 0.493 e. The van der Waals surface area contributed by atoms with Gasteiger partial charge in [-0.2, -0.15) is 16.3 Å². The minimum atomic E-state index is -0.697. The molecule has 1 amide bonds. The van der Waals surface area contributed by atoms with Crippen LogP contribution in [0.25, 0.3) is 11.4 Å². The summed E-state index contributed by atoms with van der Waals surface area (Å²) in [5.74, 6) is 0.257. The molecule has 0 aliphatic rings. The number of carbonyl (C=O) groups is 2. The number of esters is 1. The van der Waals surface area contributed by atoms with Crippen molar-refractivity contribution in [2.24, 2.45) is 0 Å².